The Morgan fingerprint density at radius 2 is 2.00 bits per heavy atom. The zero-order valence-electron chi connectivity index (χ0n) is 12.3. The van der Waals surface area contributed by atoms with E-state index in [0.29, 0.717) is 17.9 Å². The second-order valence-corrected chi connectivity index (χ2v) is 4.78. The fourth-order valence-electron chi connectivity index (χ4n) is 2.15. The van der Waals surface area contributed by atoms with Crippen molar-refractivity contribution in [1.82, 2.24) is 0 Å². The van der Waals surface area contributed by atoms with Gasteiger partial charge in [-0.25, -0.2) is 4.39 Å². The van der Waals surface area contributed by atoms with Crippen LogP contribution in [-0.2, 0) is 0 Å². The van der Waals surface area contributed by atoms with Crippen molar-refractivity contribution < 1.29 is 13.9 Å². The van der Waals surface area contributed by atoms with Crippen LogP contribution in [-0.4, -0.2) is 13.7 Å². The van der Waals surface area contributed by atoms with Gasteiger partial charge in [0.1, 0.15) is 17.3 Å². The summed E-state index contributed by atoms with van der Waals surface area (Å²) in [5.74, 6) is 1.00. The van der Waals surface area contributed by atoms with Gasteiger partial charge in [-0.3, -0.25) is 0 Å². The van der Waals surface area contributed by atoms with Crippen LogP contribution in [0, 0.1) is 5.82 Å². The average Bonchev–Trinajstić information content (AvgIpc) is 2.52. The van der Waals surface area contributed by atoms with Gasteiger partial charge in [0, 0.05) is 5.56 Å². The van der Waals surface area contributed by atoms with Crippen LogP contribution in [0.1, 0.15) is 30.5 Å². The molecule has 0 fully saturated rings. The summed E-state index contributed by atoms with van der Waals surface area (Å²) in [4.78, 5) is 0. The van der Waals surface area contributed by atoms with E-state index in [9.17, 15) is 4.39 Å². The lowest BCUT2D eigenvalue weighted by atomic mass is 9.98. The predicted octanol–water partition coefficient (Wildman–Crippen LogP) is 3.67. The molecule has 0 heterocycles. The first kappa shape index (κ1) is 15.3. The molecular formula is C17H20FNO2. The number of nitrogens with two attached hydrogens (primary N) is 1. The molecule has 2 N–H and O–H groups in total. The van der Waals surface area contributed by atoms with Crippen molar-refractivity contribution >= 4 is 0 Å². The molecule has 0 aromatic heterocycles. The molecule has 0 saturated heterocycles. The van der Waals surface area contributed by atoms with Crippen molar-refractivity contribution in [3.8, 4) is 11.5 Å². The number of methoxy groups -OCH3 is 1. The Hall–Kier alpha value is -2.07. The largest absolute Gasteiger partial charge is 0.496 e. The number of benzene rings is 2. The van der Waals surface area contributed by atoms with E-state index in [0.717, 1.165) is 17.7 Å². The molecule has 0 amide bonds. The second kappa shape index (κ2) is 7.09. The molecule has 2 aromatic rings. The highest BCUT2D eigenvalue weighted by atomic mass is 19.1. The fourth-order valence-corrected chi connectivity index (χ4v) is 2.15. The number of hydrogen-bond acceptors (Lipinski definition) is 3. The molecule has 2 rings (SSSR count). The van der Waals surface area contributed by atoms with Crippen LogP contribution >= 0.6 is 0 Å². The molecule has 112 valence electrons. The van der Waals surface area contributed by atoms with E-state index in [1.165, 1.54) is 12.1 Å². The summed E-state index contributed by atoms with van der Waals surface area (Å²) in [5, 5.41) is 0. The second-order valence-electron chi connectivity index (χ2n) is 4.78. The van der Waals surface area contributed by atoms with E-state index in [-0.39, 0.29) is 5.82 Å². The van der Waals surface area contributed by atoms with Crippen LogP contribution in [0.15, 0.2) is 42.5 Å². The van der Waals surface area contributed by atoms with Crippen molar-refractivity contribution in [2.24, 2.45) is 5.73 Å². The third kappa shape index (κ3) is 3.73. The molecular weight excluding hydrogens is 269 g/mol. The Labute approximate surface area is 124 Å². The standard InChI is InChI=1S/C17H20FNO2/c1-3-9-21-14-6-4-5-12(10-14)17(19)15-11-13(18)7-8-16(15)20-2/h4-8,10-11,17H,3,9,19H2,1-2H3. The summed E-state index contributed by atoms with van der Waals surface area (Å²) >= 11 is 0. The smallest absolute Gasteiger partial charge is 0.124 e. The van der Waals surface area contributed by atoms with E-state index in [2.05, 4.69) is 0 Å². The van der Waals surface area contributed by atoms with Crippen LogP contribution < -0.4 is 15.2 Å². The Bertz CT molecular complexity index is 601. The molecule has 4 heteroatoms. The topological polar surface area (TPSA) is 44.5 Å². The summed E-state index contributed by atoms with van der Waals surface area (Å²) in [5.41, 5.74) is 7.73. The van der Waals surface area contributed by atoms with Gasteiger partial charge in [-0.2, -0.15) is 0 Å². The fraction of sp³-hybridized carbons (Fsp3) is 0.294. The SMILES string of the molecule is CCCOc1cccc(C(N)c2cc(F)ccc2OC)c1. The van der Waals surface area contributed by atoms with Crippen molar-refractivity contribution in [3.05, 3.63) is 59.4 Å². The van der Waals surface area contributed by atoms with E-state index in [1.807, 2.05) is 31.2 Å². The lowest BCUT2D eigenvalue weighted by molar-refractivity contribution is 0.317. The summed E-state index contributed by atoms with van der Waals surface area (Å²) in [6.07, 6.45) is 0.938. The van der Waals surface area contributed by atoms with Crippen LogP contribution in [0.4, 0.5) is 4.39 Å². The van der Waals surface area contributed by atoms with Crippen molar-refractivity contribution in [3.63, 3.8) is 0 Å². The predicted molar refractivity (Wildman–Crippen MR) is 81.2 cm³/mol. The van der Waals surface area contributed by atoms with Gasteiger partial charge in [-0.1, -0.05) is 19.1 Å². The molecule has 21 heavy (non-hydrogen) atoms. The Balaban J connectivity index is 2.31. The maximum absolute atomic E-state index is 13.5. The van der Waals surface area contributed by atoms with E-state index in [1.54, 1.807) is 13.2 Å². The van der Waals surface area contributed by atoms with Gasteiger partial charge in [-0.15, -0.1) is 0 Å². The van der Waals surface area contributed by atoms with Crippen LogP contribution in [0.3, 0.4) is 0 Å². The van der Waals surface area contributed by atoms with Gasteiger partial charge in [0.25, 0.3) is 0 Å². The first-order valence-electron chi connectivity index (χ1n) is 6.97. The van der Waals surface area contributed by atoms with Gasteiger partial charge < -0.3 is 15.2 Å². The molecule has 1 unspecified atom stereocenters. The lowest BCUT2D eigenvalue weighted by Gasteiger charge is -2.17. The molecule has 0 aliphatic carbocycles. The first-order valence-corrected chi connectivity index (χ1v) is 6.97. The van der Waals surface area contributed by atoms with Gasteiger partial charge in [-0.05, 0) is 42.3 Å². The number of halogens is 1. The van der Waals surface area contributed by atoms with Gasteiger partial charge in [0.15, 0.2) is 0 Å². The third-order valence-electron chi connectivity index (χ3n) is 3.22. The number of hydrogen-bond donors (Lipinski definition) is 1. The zero-order valence-corrected chi connectivity index (χ0v) is 12.3. The Morgan fingerprint density at radius 1 is 1.19 bits per heavy atom. The minimum absolute atomic E-state index is 0.334. The highest BCUT2D eigenvalue weighted by molar-refractivity contribution is 5.43. The molecule has 1 atom stereocenters. The normalized spacial score (nSPS) is 12.0. The minimum Gasteiger partial charge on any atom is -0.496 e. The van der Waals surface area contributed by atoms with E-state index in [4.69, 9.17) is 15.2 Å². The van der Waals surface area contributed by atoms with Gasteiger partial charge in [0.2, 0.25) is 0 Å². The molecule has 0 radical (unpaired) electrons. The summed E-state index contributed by atoms with van der Waals surface area (Å²) in [6.45, 7) is 2.70. The Kier molecular flexibility index (Phi) is 5.17. The highest BCUT2D eigenvalue weighted by Crippen LogP contribution is 2.30. The number of ether oxygens (including phenoxy) is 2. The van der Waals surface area contributed by atoms with Crippen molar-refractivity contribution in [1.29, 1.82) is 0 Å². The summed E-state index contributed by atoms with van der Waals surface area (Å²) < 4.78 is 24.3. The van der Waals surface area contributed by atoms with Crippen LogP contribution in [0.25, 0.3) is 0 Å². The average molecular weight is 289 g/mol. The van der Waals surface area contributed by atoms with Gasteiger partial charge in [0.05, 0.1) is 19.8 Å². The quantitative estimate of drug-likeness (QED) is 0.882. The third-order valence-corrected chi connectivity index (χ3v) is 3.22. The molecule has 0 aliphatic rings. The monoisotopic (exact) mass is 289 g/mol. The summed E-state index contributed by atoms with van der Waals surface area (Å²) in [6, 6.07) is 11.4. The van der Waals surface area contributed by atoms with Crippen molar-refractivity contribution in [2.75, 3.05) is 13.7 Å². The van der Waals surface area contributed by atoms with Gasteiger partial charge >= 0.3 is 0 Å². The minimum atomic E-state index is -0.471. The molecule has 0 saturated carbocycles. The number of rotatable bonds is 6. The van der Waals surface area contributed by atoms with Crippen LogP contribution in [0.2, 0.25) is 0 Å². The van der Waals surface area contributed by atoms with E-state index < -0.39 is 6.04 Å². The van der Waals surface area contributed by atoms with Crippen molar-refractivity contribution in [2.45, 2.75) is 19.4 Å². The highest BCUT2D eigenvalue weighted by Gasteiger charge is 2.15. The molecule has 0 aliphatic heterocycles. The summed E-state index contributed by atoms with van der Waals surface area (Å²) in [7, 11) is 1.55. The first-order chi connectivity index (χ1) is 10.2. The molecule has 0 spiro atoms. The maximum atomic E-state index is 13.5. The maximum Gasteiger partial charge on any atom is 0.124 e. The van der Waals surface area contributed by atoms with E-state index >= 15 is 0 Å². The lowest BCUT2D eigenvalue weighted by Crippen LogP contribution is -2.13. The molecule has 3 nitrogen and oxygen atoms in total. The molecule has 0 bridgehead atoms. The van der Waals surface area contributed by atoms with Crippen LogP contribution in [0.5, 0.6) is 11.5 Å². The Morgan fingerprint density at radius 3 is 2.71 bits per heavy atom. The molecule has 2 aromatic carbocycles. The zero-order chi connectivity index (χ0) is 15.2.